The van der Waals surface area contributed by atoms with Gasteiger partial charge in [-0.25, -0.2) is 0 Å². The second-order valence-corrected chi connectivity index (χ2v) is 5.86. The molecule has 1 aliphatic rings. The normalized spacial score (nSPS) is 12.2. The Morgan fingerprint density at radius 3 is 2.04 bits per heavy atom. The van der Waals surface area contributed by atoms with Crippen molar-refractivity contribution in [3.63, 3.8) is 0 Å². The zero-order chi connectivity index (χ0) is 17.0. The minimum Gasteiger partial charge on any atom is -0.454 e. The minimum absolute atomic E-state index is 0. The van der Waals surface area contributed by atoms with Crippen LogP contribution in [0.2, 0.25) is 0 Å². The van der Waals surface area contributed by atoms with Crippen LogP contribution in [0.15, 0.2) is 12.1 Å². The molecule has 1 aromatic rings. The number of ether oxygens (including phenoxy) is 5. The van der Waals surface area contributed by atoms with E-state index in [1.807, 2.05) is 6.07 Å². The maximum Gasteiger partial charge on any atom is 0.231 e. The molecule has 0 fully saturated rings. The molecule has 0 unspecified atom stereocenters. The predicted molar refractivity (Wildman–Crippen MR) is 98.5 cm³/mol. The van der Waals surface area contributed by atoms with Crippen molar-refractivity contribution < 1.29 is 23.7 Å². The van der Waals surface area contributed by atoms with Gasteiger partial charge in [-0.1, -0.05) is 26.7 Å². The Balaban J connectivity index is 0.00000312. The van der Waals surface area contributed by atoms with Gasteiger partial charge in [0.25, 0.3) is 0 Å². The summed E-state index contributed by atoms with van der Waals surface area (Å²) in [5, 5.41) is 0. The minimum atomic E-state index is 0. The van der Waals surface area contributed by atoms with Crippen molar-refractivity contribution in [2.24, 2.45) is 0 Å². The van der Waals surface area contributed by atoms with Gasteiger partial charge in [0.1, 0.15) is 0 Å². The summed E-state index contributed by atoms with van der Waals surface area (Å²) >= 11 is 0. The van der Waals surface area contributed by atoms with E-state index in [4.69, 9.17) is 23.7 Å². The number of aryl methyl sites for hydroxylation is 1. The average Bonchev–Trinajstić information content (AvgIpc) is 3.04. The molecule has 6 heteroatoms. The Morgan fingerprint density at radius 1 is 0.800 bits per heavy atom. The molecule has 1 aromatic carbocycles. The van der Waals surface area contributed by atoms with Crippen LogP contribution in [0.5, 0.6) is 11.5 Å². The van der Waals surface area contributed by atoms with Gasteiger partial charge in [0.2, 0.25) is 6.79 Å². The summed E-state index contributed by atoms with van der Waals surface area (Å²) in [6.45, 7) is 8.47. The molecule has 0 aliphatic carbocycles. The Labute approximate surface area is 162 Å². The molecule has 0 bridgehead atoms. The van der Waals surface area contributed by atoms with Crippen LogP contribution in [-0.4, -0.2) is 57.4 Å². The van der Waals surface area contributed by atoms with Crippen LogP contribution in [0.3, 0.4) is 0 Å². The SMILES string of the molecule is CCCCOCCOCCOCc1cc2c(cc1CCC)OCO2.[Ge]. The number of hydrogen-bond donors (Lipinski definition) is 0. The van der Waals surface area contributed by atoms with E-state index in [9.17, 15) is 0 Å². The van der Waals surface area contributed by atoms with E-state index in [1.165, 1.54) is 11.1 Å². The van der Waals surface area contributed by atoms with Gasteiger partial charge >= 0.3 is 0 Å². The van der Waals surface area contributed by atoms with Crippen LogP contribution in [0.4, 0.5) is 0 Å². The van der Waals surface area contributed by atoms with Crippen LogP contribution in [0, 0.1) is 0 Å². The molecule has 4 radical (unpaired) electrons. The van der Waals surface area contributed by atoms with Gasteiger partial charge in [-0.05, 0) is 36.1 Å². The van der Waals surface area contributed by atoms with E-state index in [2.05, 4.69) is 19.9 Å². The fourth-order valence-electron chi connectivity index (χ4n) is 2.53. The van der Waals surface area contributed by atoms with Gasteiger partial charge in [-0.2, -0.15) is 0 Å². The molecule has 5 nitrogen and oxygen atoms in total. The average molecular weight is 411 g/mol. The largest absolute Gasteiger partial charge is 0.454 e. The van der Waals surface area contributed by atoms with Gasteiger partial charge in [0.15, 0.2) is 11.5 Å². The number of hydrogen-bond acceptors (Lipinski definition) is 5. The van der Waals surface area contributed by atoms with Gasteiger partial charge in [-0.15, -0.1) is 0 Å². The molecule has 0 spiro atoms. The van der Waals surface area contributed by atoms with Crippen LogP contribution >= 0.6 is 0 Å². The number of benzene rings is 1. The van der Waals surface area contributed by atoms with E-state index in [0.717, 1.165) is 43.8 Å². The van der Waals surface area contributed by atoms with Crippen molar-refractivity contribution in [1.29, 1.82) is 0 Å². The van der Waals surface area contributed by atoms with E-state index in [-0.39, 0.29) is 17.6 Å². The van der Waals surface area contributed by atoms with E-state index in [1.54, 1.807) is 0 Å². The first-order chi connectivity index (χ1) is 11.8. The summed E-state index contributed by atoms with van der Waals surface area (Å²) in [5.74, 6) is 1.66. The standard InChI is InChI=1S/C19H30O5.Ge/c1-3-5-7-20-8-9-21-10-11-22-14-17-13-19-18(23-15-24-19)12-16(17)6-4-2;/h12-13H,3-11,14-15H2,1-2H3;. The van der Waals surface area contributed by atoms with Crippen LogP contribution in [0.1, 0.15) is 44.2 Å². The molecule has 1 aliphatic heterocycles. The second kappa shape index (κ2) is 13.4. The molecular weight excluding hydrogens is 381 g/mol. The zero-order valence-electron chi connectivity index (χ0n) is 15.5. The maximum atomic E-state index is 5.75. The molecule has 0 N–H and O–H groups in total. The third-order valence-corrected chi connectivity index (χ3v) is 3.86. The molecule has 140 valence electrons. The first kappa shape index (κ1) is 22.3. The second-order valence-electron chi connectivity index (χ2n) is 5.86. The molecule has 25 heavy (non-hydrogen) atoms. The van der Waals surface area contributed by atoms with Crippen molar-refractivity contribution in [2.75, 3.05) is 39.8 Å². The quantitative estimate of drug-likeness (QED) is 0.368. The number of fused-ring (bicyclic) bond motifs is 1. The predicted octanol–water partition coefficient (Wildman–Crippen LogP) is 3.34. The van der Waals surface area contributed by atoms with Crippen molar-refractivity contribution in [3.8, 4) is 11.5 Å². The Bertz CT molecular complexity index is 481. The van der Waals surface area contributed by atoms with Crippen molar-refractivity contribution in [1.82, 2.24) is 0 Å². The van der Waals surface area contributed by atoms with Crippen molar-refractivity contribution in [2.45, 2.75) is 46.1 Å². The summed E-state index contributed by atoms with van der Waals surface area (Å²) in [6.07, 6.45) is 4.38. The van der Waals surface area contributed by atoms with Crippen LogP contribution < -0.4 is 9.47 Å². The number of rotatable bonds is 13. The third-order valence-electron chi connectivity index (χ3n) is 3.86. The summed E-state index contributed by atoms with van der Waals surface area (Å²) in [5.41, 5.74) is 2.44. The molecule has 0 saturated heterocycles. The van der Waals surface area contributed by atoms with Gasteiger partial charge in [-0.3, -0.25) is 0 Å². The first-order valence-electron chi connectivity index (χ1n) is 8.99. The Kier molecular flexibility index (Phi) is 12.0. The Hall–Kier alpha value is -0.757. The summed E-state index contributed by atoms with van der Waals surface area (Å²) in [7, 11) is 0. The molecular formula is C19H30GeO5. The summed E-state index contributed by atoms with van der Waals surface area (Å²) in [4.78, 5) is 0. The molecule has 0 atom stereocenters. The van der Waals surface area contributed by atoms with Crippen LogP contribution in [-0.2, 0) is 27.2 Å². The Morgan fingerprint density at radius 2 is 1.40 bits per heavy atom. The summed E-state index contributed by atoms with van der Waals surface area (Å²) < 4.78 is 27.6. The third kappa shape index (κ3) is 7.98. The molecule has 0 aromatic heterocycles. The van der Waals surface area contributed by atoms with Crippen molar-refractivity contribution in [3.05, 3.63) is 23.3 Å². The van der Waals surface area contributed by atoms with E-state index in [0.29, 0.717) is 39.8 Å². The van der Waals surface area contributed by atoms with Crippen molar-refractivity contribution >= 4 is 17.6 Å². The fourth-order valence-corrected chi connectivity index (χ4v) is 2.53. The van der Waals surface area contributed by atoms with Crippen LogP contribution in [0.25, 0.3) is 0 Å². The first-order valence-corrected chi connectivity index (χ1v) is 8.99. The molecule has 1 heterocycles. The van der Waals surface area contributed by atoms with E-state index >= 15 is 0 Å². The molecule has 0 saturated carbocycles. The maximum absolute atomic E-state index is 5.75. The summed E-state index contributed by atoms with van der Waals surface area (Å²) in [6, 6.07) is 4.12. The van der Waals surface area contributed by atoms with E-state index < -0.39 is 0 Å². The fraction of sp³-hybridized carbons (Fsp3) is 0.684. The number of unbranched alkanes of at least 4 members (excludes halogenated alkanes) is 1. The molecule has 2 rings (SSSR count). The van der Waals surface area contributed by atoms with Gasteiger partial charge < -0.3 is 23.7 Å². The zero-order valence-corrected chi connectivity index (χ0v) is 17.6. The monoisotopic (exact) mass is 412 g/mol. The molecule has 0 amide bonds. The topological polar surface area (TPSA) is 46.2 Å². The smallest absolute Gasteiger partial charge is 0.231 e. The van der Waals surface area contributed by atoms with Gasteiger partial charge in [0.05, 0.1) is 33.0 Å². The van der Waals surface area contributed by atoms with Gasteiger partial charge in [0, 0.05) is 24.2 Å².